The van der Waals surface area contributed by atoms with Crippen molar-refractivity contribution in [2.45, 2.75) is 122 Å². The monoisotopic (exact) mass is 576 g/mol. The van der Waals surface area contributed by atoms with Crippen molar-refractivity contribution in [2.75, 3.05) is 20.2 Å². The molecule has 5 aliphatic rings. The summed E-state index contributed by atoms with van der Waals surface area (Å²) < 4.78 is 9.98. The summed E-state index contributed by atoms with van der Waals surface area (Å²) in [5.74, 6) is -1.02. The van der Waals surface area contributed by atoms with Crippen LogP contribution in [-0.4, -0.2) is 78.1 Å². The van der Waals surface area contributed by atoms with Crippen LogP contribution in [-0.2, 0) is 28.7 Å². The van der Waals surface area contributed by atoms with Crippen LogP contribution < -0.4 is 16.0 Å². The Balaban J connectivity index is 1.41. The summed E-state index contributed by atoms with van der Waals surface area (Å²) in [5.41, 5.74) is -0.611. The topological polar surface area (TPSA) is 143 Å². The Labute approximate surface area is 243 Å². The number of carbonyl (C=O) groups excluding carboxylic acids is 5. The largest absolute Gasteiger partial charge is 0.469 e. The predicted octanol–water partition coefficient (Wildman–Crippen LogP) is 2.81. The fourth-order valence-electron chi connectivity index (χ4n) is 8.74. The van der Waals surface area contributed by atoms with Gasteiger partial charge < -0.3 is 30.3 Å². The lowest BCUT2D eigenvalue weighted by Crippen LogP contribution is -2.67. The van der Waals surface area contributed by atoms with E-state index in [9.17, 15) is 24.0 Å². The molecule has 41 heavy (non-hydrogen) atoms. The molecule has 4 aliphatic carbocycles. The number of amides is 4. The zero-order chi connectivity index (χ0) is 30.2. The number of hydrogen-bond donors (Lipinski definition) is 3. The van der Waals surface area contributed by atoms with E-state index < -0.39 is 41.6 Å². The van der Waals surface area contributed by atoms with Gasteiger partial charge in [0.15, 0.2) is 0 Å². The van der Waals surface area contributed by atoms with E-state index in [1.54, 1.807) is 20.8 Å². The van der Waals surface area contributed by atoms with Gasteiger partial charge in [-0.2, -0.15) is 0 Å². The lowest BCUT2D eigenvalue weighted by Gasteiger charge is -2.65. The molecule has 1 heterocycles. The van der Waals surface area contributed by atoms with Crippen molar-refractivity contribution < 1.29 is 33.4 Å². The average Bonchev–Trinajstić information content (AvgIpc) is 3.31. The summed E-state index contributed by atoms with van der Waals surface area (Å²) in [4.78, 5) is 65.6. The van der Waals surface area contributed by atoms with E-state index in [4.69, 9.17) is 9.47 Å². The van der Waals surface area contributed by atoms with Crippen LogP contribution in [0.2, 0.25) is 0 Å². The minimum absolute atomic E-state index is 0.0208. The number of methoxy groups -OCH3 is 1. The Morgan fingerprint density at radius 1 is 1.00 bits per heavy atom. The molecule has 2 unspecified atom stereocenters. The number of alkyl carbamates (subject to hydrolysis) is 1. The fourth-order valence-corrected chi connectivity index (χ4v) is 8.74. The first-order valence-electron chi connectivity index (χ1n) is 15.0. The lowest BCUT2D eigenvalue weighted by molar-refractivity contribution is -0.145. The van der Waals surface area contributed by atoms with Crippen molar-refractivity contribution in [3.63, 3.8) is 0 Å². The van der Waals surface area contributed by atoms with Gasteiger partial charge in [0.05, 0.1) is 7.11 Å². The van der Waals surface area contributed by atoms with Gasteiger partial charge in [-0.3, -0.25) is 19.2 Å². The van der Waals surface area contributed by atoms with Gasteiger partial charge in [0.25, 0.3) is 0 Å². The highest BCUT2D eigenvalue weighted by Crippen LogP contribution is 2.66. The molecule has 0 spiro atoms. The third-order valence-corrected chi connectivity index (χ3v) is 9.17. The summed E-state index contributed by atoms with van der Waals surface area (Å²) >= 11 is 0. The molecule has 1 aliphatic heterocycles. The Hall–Kier alpha value is -2.85. The number of nitrogens with zero attached hydrogens (tertiary/aromatic N) is 1. The maximum Gasteiger partial charge on any atom is 0.408 e. The zero-order valence-corrected chi connectivity index (χ0v) is 25.5. The first-order chi connectivity index (χ1) is 19.0. The minimum atomic E-state index is -0.937. The summed E-state index contributed by atoms with van der Waals surface area (Å²) in [5, 5.41) is 8.66. The molecule has 4 amide bonds. The van der Waals surface area contributed by atoms with Crippen molar-refractivity contribution in [2.24, 2.45) is 16.7 Å². The molecular formula is C30H48N4O7. The first kappa shape index (κ1) is 31.1. The number of hydrogen-bond acceptors (Lipinski definition) is 7. The van der Waals surface area contributed by atoms with Crippen LogP contribution in [0.4, 0.5) is 4.79 Å². The Bertz CT molecular complexity index is 1050. The van der Waals surface area contributed by atoms with Crippen molar-refractivity contribution in [3.8, 4) is 0 Å². The van der Waals surface area contributed by atoms with Gasteiger partial charge in [0, 0.05) is 18.5 Å². The molecule has 4 bridgehead atoms. The maximum absolute atomic E-state index is 13.8. The molecular weight excluding hydrogens is 528 g/mol. The molecule has 4 saturated carbocycles. The molecule has 0 aromatic rings. The molecule has 1 saturated heterocycles. The highest BCUT2D eigenvalue weighted by atomic mass is 16.6. The molecule has 5 fully saturated rings. The van der Waals surface area contributed by atoms with Gasteiger partial charge in [-0.25, -0.2) is 4.79 Å². The molecule has 4 atom stereocenters. The Morgan fingerprint density at radius 3 is 2.24 bits per heavy atom. The second-order valence-electron chi connectivity index (χ2n) is 14.7. The SMILES string of the molecule is COC(=O)CC[C@H](NC(=O)[C@@H]1CCCN1C(=O)CNC(=O)OC(C)(C)C)C(=O)NC12CC3CC(C)(CC(C)(C3)C1)C2. The van der Waals surface area contributed by atoms with E-state index in [1.807, 2.05) is 0 Å². The maximum atomic E-state index is 13.8. The summed E-state index contributed by atoms with van der Waals surface area (Å²) in [6, 6.07) is -1.71. The number of ether oxygens (including phenoxy) is 2. The van der Waals surface area contributed by atoms with Gasteiger partial charge in [-0.1, -0.05) is 13.8 Å². The number of rotatable bonds is 9. The fraction of sp³-hybridized carbons (Fsp3) is 0.833. The zero-order valence-electron chi connectivity index (χ0n) is 25.5. The summed E-state index contributed by atoms with van der Waals surface area (Å²) in [6.07, 6.45) is 6.77. The van der Waals surface area contributed by atoms with Crippen LogP contribution in [0.3, 0.4) is 0 Å². The van der Waals surface area contributed by atoms with E-state index in [-0.39, 0.29) is 41.7 Å². The van der Waals surface area contributed by atoms with Crippen molar-refractivity contribution >= 4 is 29.8 Å². The molecule has 5 rings (SSSR count). The molecule has 0 aromatic heterocycles. The number of esters is 1. The van der Waals surface area contributed by atoms with Crippen molar-refractivity contribution in [1.29, 1.82) is 0 Å². The van der Waals surface area contributed by atoms with E-state index in [2.05, 4.69) is 29.8 Å². The van der Waals surface area contributed by atoms with Crippen molar-refractivity contribution in [1.82, 2.24) is 20.9 Å². The van der Waals surface area contributed by atoms with Crippen LogP contribution in [0, 0.1) is 16.7 Å². The number of nitrogens with one attached hydrogen (secondary N) is 3. The minimum Gasteiger partial charge on any atom is -0.469 e. The Morgan fingerprint density at radius 2 is 1.66 bits per heavy atom. The van der Waals surface area contributed by atoms with Crippen molar-refractivity contribution in [3.05, 3.63) is 0 Å². The van der Waals surface area contributed by atoms with E-state index in [0.717, 1.165) is 19.3 Å². The van der Waals surface area contributed by atoms with Crippen LogP contribution in [0.1, 0.15) is 98.8 Å². The van der Waals surface area contributed by atoms with Gasteiger partial charge in [0.2, 0.25) is 17.7 Å². The quantitative estimate of drug-likeness (QED) is 0.358. The van der Waals surface area contributed by atoms with Crippen LogP contribution >= 0.6 is 0 Å². The van der Waals surface area contributed by atoms with Crippen LogP contribution in [0.25, 0.3) is 0 Å². The molecule has 11 heteroatoms. The predicted molar refractivity (Wildman–Crippen MR) is 150 cm³/mol. The van der Waals surface area contributed by atoms with Crippen LogP contribution in [0.15, 0.2) is 0 Å². The summed E-state index contributed by atoms with van der Waals surface area (Å²) in [7, 11) is 1.29. The first-order valence-corrected chi connectivity index (χ1v) is 15.0. The molecule has 0 aromatic carbocycles. The molecule has 11 nitrogen and oxygen atoms in total. The highest BCUT2D eigenvalue weighted by molar-refractivity contribution is 5.93. The third-order valence-electron chi connectivity index (χ3n) is 9.17. The second kappa shape index (κ2) is 11.4. The molecule has 3 N–H and O–H groups in total. The lowest BCUT2D eigenvalue weighted by atomic mass is 9.43. The van der Waals surface area contributed by atoms with Gasteiger partial charge in [0.1, 0.15) is 24.2 Å². The third kappa shape index (κ3) is 7.52. The number of carbonyl (C=O) groups is 5. The Kier molecular flexibility index (Phi) is 8.67. The molecule has 0 radical (unpaired) electrons. The van der Waals surface area contributed by atoms with Crippen LogP contribution in [0.5, 0.6) is 0 Å². The average molecular weight is 577 g/mol. The smallest absolute Gasteiger partial charge is 0.408 e. The number of likely N-dealkylation sites (tertiary alicyclic amines) is 1. The van der Waals surface area contributed by atoms with Gasteiger partial charge in [-0.05, 0) is 95.3 Å². The molecule has 230 valence electrons. The summed E-state index contributed by atoms with van der Waals surface area (Å²) in [6.45, 7) is 9.91. The highest BCUT2D eigenvalue weighted by Gasteiger charge is 2.60. The van der Waals surface area contributed by atoms with Gasteiger partial charge >= 0.3 is 12.1 Å². The van der Waals surface area contributed by atoms with E-state index >= 15 is 0 Å². The van der Waals surface area contributed by atoms with Gasteiger partial charge in [-0.15, -0.1) is 0 Å². The second-order valence-corrected chi connectivity index (χ2v) is 14.7. The van der Waals surface area contributed by atoms with E-state index in [1.165, 1.54) is 31.3 Å². The van der Waals surface area contributed by atoms with E-state index in [0.29, 0.717) is 25.3 Å². The standard InChI is InChI=1S/C30H48N4O7/c1-27(2,3)41-26(39)31-15-22(35)34-11-7-8-21(34)25(38)32-20(9-10-23(36)40-6)24(37)33-30-14-19-12-28(4,17-30)16-29(5,13-19)18-30/h19-21H,7-18H2,1-6H3,(H,31,39)(H,32,38)(H,33,37)/t19?,20-,21-,28?,29?,30?/m0/s1. The normalized spacial score (nSPS) is 32.7.